The molecule has 0 radical (unpaired) electrons. The van der Waals surface area contributed by atoms with Gasteiger partial charge in [0.1, 0.15) is 5.75 Å². The van der Waals surface area contributed by atoms with E-state index in [2.05, 4.69) is 34.6 Å². The Morgan fingerprint density at radius 2 is 1.82 bits per heavy atom. The number of carbonyl (C=O) groups excluding carboxylic acids is 1. The quantitative estimate of drug-likeness (QED) is 0.127. The van der Waals surface area contributed by atoms with Gasteiger partial charge in [-0.05, 0) is 73.7 Å². The molecule has 1 amide bonds. The molecule has 8 nitrogen and oxygen atoms in total. The third-order valence-electron chi connectivity index (χ3n) is 4.96. The zero-order chi connectivity index (χ0) is 24.6. The number of hydrogen-bond acceptors (Lipinski definition) is 7. The first-order chi connectivity index (χ1) is 15.5. The molecule has 2 aromatic rings. The molecule has 0 unspecified atom stereocenters. The molecular formula is C23H30N2O6S2. The first-order valence-corrected chi connectivity index (χ1v) is 12.4. The lowest BCUT2D eigenvalue weighted by Gasteiger charge is -2.17. The molecule has 1 heterocycles. The number of nitrogens with one attached hydrogen (secondary N) is 1. The normalized spacial score (nSPS) is 13.4. The summed E-state index contributed by atoms with van der Waals surface area (Å²) in [5, 5.41) is 6.61. The number of carbonyl (C=O) groups is 1. The summed E-state index contributed by atoms with van der Waals surface area (Å²) < 4.78 is 41.0. The lowest BCUT2D eigenvalue weighted by molar-refractivity contribution is -0.116. The molecule has 0 fully saturated rings. The molecule has 180 valence electrons. The van der Waals surface area contributed by atoms with Gasteiger partial charge in [0.15, 0.2) is 0 Å². The minimum atomic E-state index is -4.08. The first kappa shape index (κ1) is 26.7. The summed E-state index contributed by atoms with van der Waals surface area (Å²) >= 11 is 3.62. The van der Waals surface area contributed by atoms with Gasteiger partial charge in [0.2, 0.25) is 11.8 Å². The van der Waals surface area contributed by atoms with Crippen LogP contribution in [0.2, 0.25) is 0 Å². The van der Waals surface area contributed by atoms with Gasteiger partial charge in [0, 0.05) is 18.5 Å². The van der Waals surface area contributed by atoms with Crippen molar-refractivity contribution in [1.82, 2.24) is 0 Å². The molecule has 0 saturated carbocycles. The zero-order valence-corrected chi connectivity index (χ0v) is 20.9. The van der Waals surface area contributed by atoms with Gasteiger partial charge in [0.25, 0.3) is 10.1 Å². The molecule has 1 aliphatic rings. The van der Waals surface area contributed by atoms with E-state index >= 15 is 0 Å². The molecule has 0 atom stereocenters. The Labute approximate surface area is 200 Å². The van der Waals surface area contributed by atoms with Gasteiger partial charge < -0.3 is 14.3 Å². The number of hydrogen-bond donors (Lipinski definition) is 3. The Kier molecular flexibility index (Phi) is 9.75. The fourth-order valence-electron chi connectivity index (χ4n) is 3.62. The summed E-state index contributed by atoms with van der Waals surface area (Å²) in [6.07, 6.45) is 3.95. The van der Waals surface area contributed by atoms with Crippen molar-refractivity contribution in [2.45, 2.75) is 64.7 Å². The Morgan fingerprint density at radius 1 is 1.15 bits per heavy atom. The molecule has 1 aliphatic heterocycles. The summed E-state index contributed by atoms with van der Waals surface area (Å²) in [6.45, 7) is 7.32. The molecule has 0 aromatic heterocycles. The SMILES string of the molecule is CCCCC(=NOS)Oc1ccc2c(c1)CCC(=O)N2.Cc1cc(C)c(S(=O)(=O)O)c(C)c1. The second-order valence-corrected chi connectivity index (χ2v) is 9.36. The molecule has 0 spiro atoms. The number of anilines is 1. The highest BCUT2D eigenvalue weighted by molar-refractivity contribution is 7.86. The largest absolute Gasteiger partial charge is 0.440 e. The Bertz CT molecular complexity index is 1110. The van der Waals surface area contributed by atoms with Crippen LogP contribution in [0, 0.1) is 20.8 Å². The number of benzene rings is 2. The lowest BCUT2D eigenvalue weighted by Crippen LogP contribution is -2.19. The van der Waals surface area contributed by atoms with Crippen molar-refractivity contribution in [3.05, 3.63) is 52.6 Å². The van der Waals surface area contributed by atoms with E-state index in [9.17, 15) is 13.2 Å². The van der Waals surface area contributed by atoms with Crippen LogP contribution in [0.5, 0.6) is 5.75 Å². The van der Waals surface area contributed by atoms with Crippen molar-refractivity contribution in [3.8, 4) is 5.75 Å². The van der Waals surface area contributed by atoms with Crippen molar-refractivity contribution in [3.63, 3.8) is 0 Å². The maximum absolute atomic E-state index is 11.3. The minimum Gasteiger partial charge on any atom is -0.440 e. The second-order valence-electron chi connectivity index (χ2n) is 7.84. The number of ether oxygens (including phenoxy) is 1. The van der Waals surface area contributed by atoms with Crippen molar-refractivity contribution in [2.75, 3.05) is 5.32 Å². The summed E-state index contributed by atoms with van der Waals surface area (Å²) in [4.78, 5) is 11.3. The van der Waals surface area contributed by atoms with Gasteiger partial charge in [-0.3, -0.25) is 9.35 Å². The number of nitrogens with zero attached hydrogens (tertiary/aromatic N) is 1. The Morgan fingerprint density at radius 3 is 2.39 bits per heavy atom. The average molecular weight is 495 g/mol. The van der Waals surface area contributed by atoms with Crippen LogP contribution in [0.3, 0.4) is 0 Å². The third kappa shape index (κ3) is 8.06. The second kappa shape index (κ2) is 12.1. The molecule has 33 heavy (non-hydrogen) atoms. The lowest BCUT2D eigenvalue weighted by atomic mass is 10.0. The standard InChI is InChI=1S/C14H18N2O3S.C9H12O3S/c1-2-3-4-14(16-19-20)18-11-6-7-12-10(9-11)5-8-13(17)15-12;1-6-4-7(2)9(8(3)5-6)13(10,11)12/h6-7,9,20H,2-5,8H2,1H3,(H,15,17);4-5H,1-3H3,(H,10,11,12). The average Bonchev–Trinajstić information content (AvgIpc) is 2.71. The van der Waals surface area contributed by atoms with Crippen LogP contribution in [-0.2, 0) is 25.6 Å². The predicted octanol–water partition coefficient (Wildman–Crippen LogP) is 5.17. The summed E-state index contributed by atoms with van der Waals surface area (Å²) in [7, 11) is -4.08. The van der Waals surface area contributed by atoms with E-state index in [-0.39, 0.29) is 10.8 Å². The molecule has 0 saturated heterocycles. The summed E-state index contributed by atoms with van der Waals surface area (Å²) in [5.74, 6) is 1.25. The highest BCUT2D eigenvalue weighted by atomic mass is 32.2. The minimum absolute atomic E-state index is 0.0260. The van der Waals surface area contributed by atoms with Gasteiger partial charge in [-0.25, -0.2) is 0 Å². The van der Waals surface area contributed by atoms with Crippen LogP contribution in [0.1, 0.15) is 54.9 Å². The number of fused-ring (bicyclic) bond motifs is 1. The maximum Gasteiger partial charge on any atom is 0.295 e. The van der Waals surface area contributed by atoms with E-state index in [1.165, 1.54) is 0 Å². The van der Waals surface area contributed by atoms with Gasteiger partial charge >= 0.3 is 0 Å². The van der Waals surface area contributed by atoms with Gasteiger partial charge in [-0.1, -0.05) is 31.0 Å². The summed E-state index contributed by atoms with van der Waals surface area (Å²) in [5.41, 5.74) is 4.08. The van der Waals surface area contributed by atoms with Crippen molar-refractivity contribution < 1.29 is 26.8 Å². The Balaban J connectivity index is 0.000000257. The zero-order valence-electron chi connectivity index (χ0n) is 19.2. The van der Waals surface area contributed by atoms with Crippen LogP contribution in [-0.4, -0.2) is 24.8 Å². The number of aryl methyl sites for hydroxylation is 4. The van der Waals surface area contributed by atoms with Gasteiger partial charge in [-0.15, -0.1) is 0 Å². The van der Waals surface area contributed by atoms with Crippen molar-refractivity contribution >= 4 is 40.5 Å². The molecule has 3 rings (SSSR count). The summed E-state index contributed by atoms with van der Waals surface area (Å²) in [6, 6.07) is 9.05. The fraction of sp³-hybridized carbons (Fsp3) is 0.391. The van der Waals surface area contributed by atoms with Crippen LogP contribution >= 0.6 is 12.9 Å². The fourth-order valence-corrected chi connectivity index (χ4v) is 4.64. The smallest absolute Gasteiger partial charge is 0.295 e. The molecule has 0 aliphatic carbocycles. The van der Waals surface area contributed by atoms with Gasteiger partial charge in [-0.2, -0.15) is 8.42 Å². The Hall–Kier alpha value is -2.56. The number of oxime groups is 1. The predicted molar refractivity (Wildman–Crippen MR) is 132 cm³/mol. The monoisotopic (exact) mass is 494 g/mol. The highest BCUT2D eigenvalue weighted by Gasteiger charge is 2.17. The van der Waals surface area contributed by atoms with E-state index in [1.807, 2.05) is 25.1 Å². The highest BCUT2D eigenvalue weighted by Crippen LogP contribution is 2.27. The third-order valence-corrected chi connectivity index (χ3v) is 6.20. The van der Waals surface area contributed by atoms with Crippen molar-refractivity contribution in [2.24, 2.45) is 5.16 Å². The van der Waals surface area contributed by atoms with E-state index < -0.39 is 10.1 Å². The van der Waals surface area contributed by atoms with Crippen molar-refractivity contribution in [1.29, 1.82) is 0 Å². The molecular weight excluding hydrogens is 464 g/mol. The van der Waals surface area contributed by atoms with Crippen LogP contribution in [0.25, 0.3) is 0 Å². The first-order valence-electron chi connectivity index (χ1n) is 10.6. The topological polar surface area (TPSA) is 114 Å². The number of unbranched alkanes of at least 4 members (excludes halogenated alkanes) is 1. The molecule has 0 bridgehead atoms. The molecule has 10 heteroatoms. The van der Waals surface area contributed by atoms with E-state index in [0.717, 1.165) is 36.1 Å². The molecule has 2 aromatic carbocycles. The van der Waals surface area contributed by atoms with E-state index in [4.69, 9.17) is 9.29 Å². The van der Waals surface area contributed by atoms with Crippen LogP contribution in [0.15, 0.2) is 40.4 Å². The van der Waals surface area contributed by atoms with E-state index in [0.29, 0.717) is 35.6 Å². The maximum atomic E-state index is 11.3. The number of rotatable bonds is 6. The molecule has 2 N–H and O–H groups in total. The van der Waals surface area contributed by atoms with Crippen LogP contribution in [0.4, 0.5) is 5.69 Å². The van der Waals surface area contributed by atoms with E-state index in [1.54, 1.807) is 26.0 Å². The number of thiol groups is 1. The van der Waals surface area contributed by atoms with Gasteiger partial charge in [0.05, 0.1) is 17.8 Å². The number of amides is 1. The van der Waals surface area contributed by atoms with Crippen LogP contribution < -0.4 is 10.1 Å².